The number of rotatable bonds is 5. The van der Waals surface area contributed by atoms with Crippen molar-refractivity contribution in [3.05, 3.63) is 0 Å². The molecule has 1 heterocycles. The van der Waals surface area contributed by atoms with E-state index in [9.17, 15) is 9.59 Å². The van der Waals surface area contributed by atoms with Crippen LogP contribution in [-0.2, 0) is 23.8 Å². The van der Waals surface area contributed by atoms with Gasteiger partial charge in [0.05, 0.1) is 12.5 Å². The van der Waals surface area contributed by atoms with Gasteiger partial charge in [0.25, 0.3) is 0 Å². The summed E-state index contributed by atoms with van der Waals surface area (Å²) in [5, 5.41) is 0. The molecule has 0 aromatic rings. The Morgan fingerprint density at radius 2 is 2.18 bits per heavy atom. The van der Waals surface area contributed by atoms with Crippen molar-refractivity contribution in [1.82, 2.24) is 0 Å². The first-order valence-corrected chi connectivity index (χ1v) is 6.11. The highest BCUT2D eigenvalue weighted by atomic mass is 16.7. The van der Waals surface area contributed by atoms with Gasteiger partial charge >= 0.3 is 11.9 Å². The molecule has 5 nitrogen and oxygen atoms in total. The lowest BCUT2D eigenvalue weighted by Crippen LogP contribution is -2.28. The molecule has 1 aliphatic heterocycles. The van der Waals surface area contributed by atoms with E-state index in [4.69, 9.17) is 14.2 Å². The molecule has 5 heteroatoms. The first kappa shape index (κ1) is 14.0. The number of hydrogen-bond acceptors (Lipinski definition) is 5. The van der Waals surface area contributed by atoms with Crippen LogP contribution in [0.3, 0.4) is 0 Å². The number of esters is 2. The van der Waals surface area contributed by atoms with Gasteiger partial charge < -0.3 is 14.2 Å². The van der Waals surface area contributed by atoms with Crippen molar-refractivity contribution in [3.63, 3.8) is 0 Å². The molecule has 1 rings (SSSR count). The van der Waals surface area contributed by atoms with Crippen LogP contribution < -0.4 is 0 Å². The van der Waals surface area contributed by atoms with Crippen molar-refractivity contribution in [3.8, 4) is 0 Å². The second-order valence-electron chi connectivity index (χ2n) is 4.20. The molecule has 0 amide bonds. The van der Waals surface area contributed by atoms with Gasteiger partial charge in [-0.1, -0.05) is 13.8 Å². The average Bonchev–Trinajstić information content (AvgIpc) is 2.36. The van der Waals surface area contributed by atoms with Crippen molar-refractivity contribution in [1.29, 1.82) is 0 Å². The molecular formula is C12H20O5. The molecule has 1 aliphatic rings. The zero-order valence-electron chi connectivity index (χ0n) is 10.4. The molecule has 0 saturated carbocycles. The summed E-state index contributed by atoms with van der Waals surface area (Å²) in [5.74, 6) is -1.10. The fourth-order valence-corrected chi connectivity index (χ4v) is 1.42. The van der Waals surface area contributed by atoms with Crippen molar-refractivity contribution in [2.45, 2.75) is 45.8 Å². The summed E-state index contributed by atoms with van der Waals surface area (Å²) in [6, 6.07) is 0. The number of hydrogen-bond donors (Lipinski definition) is 0. The molecule has 0 aromatic heterocycles. The van der Waals surface area contributed by atoms with E-state index < -0.39 is 12.3 Å². The second-order valence-corrected chi connectivity index (χ2v) is 4.20. The van der Waals surface area contributed by atoms with Gasteiger partial charge in [-0.15, -0.1) is 0 Å². The van der Waals surface area contributed by atoms with Gasteiger partial charge in [-0.3, -0.25) is 4.79 Å². The van der Waals surface area contributed by atoms with Crippen LogP contribution in [0.5, 0.6) is 0 Å². The fraction of sp³-hybridized carbons (Fsp3) is 0.833. The smallest absolute Gasteiger partial charge is 0.346 e. The lowest BCUT2D eigenvalue weighted by Gasteiger charge is -2.22. The van der Waals surface area contributed by atoms with E-state index in [1.165, 1.54) is 0 Å². The Balaban J connectivity index is 2.18. The first-order chi connectivity index (χ1) is 8.13. The minimum Gasteiger partial charge on any atom is -0.453 e. The van der Waals surface area contributed by atoms with Gasteiger partial charge in [-0.05, 0) is 19.3 Å². The maximum atomic E-state index is 11.3. The first-order valence-electron chi connectivity index (χ1n) is 6.11. The normalized spacial score (nSPS) is 21.6. The Labute approximate surface area is 101 Å². The molecule has 2 unspecified atom stereocenters. The fourth-order valence-electron chi connectivity index (χ4n) is 1.42. The molecule has 17 heavy (non-hydrogen) atoms. The van der Waals surface area contributed by atoms with E-state index in [1.807, 2.05) is 6.92 Å². The molecule has 0 radical (unpaired) electrons. The highest BCUT2D eigenvalue weighted by molar-refractivity contribution is 5.77. The van der Waals surface area contributed by atoms with Crippen molar-refractivity contribution in [2.24, 2.45) is 5.92 Å². The van der Waals surface area contributed by atoms with Gasteiger partial charge in [0.1, 0.15) is 0 Å². The van der Waals surface area contributed by atoms with E-state index in [-0.39, 0.29) is 18.5 Å². The summed E-state index contributed by atoms with van der Waals surface area (Å²) in [4.78, 5) is 22.7. The Kier molecular flexibility index (Phi) is 5.97. The van der Waals surface area contributed by atoms with E-state index in [0.717, 1.165) is 12.8 Å². The Bertz CT molecular complexity index is 258. The lowest BCUT2D eigenvalue weighted by atomic mass is 10.1. The molecule has 2 atom stereocenters. The molecule has 0 aromatic carbocycles. The van der Waals surface area contributed by atoms with Crippen LogP contribution in [0.4, 0.5) is 0 Å². The predicted molar refractivity (Wildman–Crippen MR) is 60.1 cm³/mol. The topological polar surface area (TPSA) is 61.8 Å². The summed E-state index contributed by atoms with van der Waals surface area (Å²) in [6.07, 6.45) is 2.92. The van der Waals surface area contributed by atoms with Gasteiger partial charge in [0.2, 0.25) is 6.29 Å². The van der Waals surface area contributed by atoms with Gasteiger partial charge in [-0.25, -0.2) is 4.79 Å². The van der Waals surface area contributed by atoms with E-state index in [2.05, 4.69) is 0 Å². The monoisotopic (exact) mass is 244 g/mol. The molecule has 0 aliphatic carbocycles. The van der Waals surface area contributed by atoms with Crippen molar-refractivity contribution >= 4 is 11.9 Å². The zero-order chi connectivity index (χ0) is 12.7. The van der Waals surface area contributed by atoms with Gasteiger partial charge in [-0.2, -0.15) is 0 Å². The number of carbonyl (C=O) groups excluding carboxylic acids is 2. The molecule has 1 saturated heterocycles. The molecule has 0 bridgehead atoms. The van der Waals surface area contributed by atoms with Crippen LogP contribution in [-0.4, -0.2) is 31.4 Å². The van der Waals surface area contributed by atoms with Gasteiger partial charge in [0, 0.05) is 6.42 Å². The van der Waals surface area contributed by atoms with Gasteiger partial charge in [0.15, 0.2) is 6.61 Å². The summed E-state index contributed by atoms with van der Waals surface area (Å²) >= 11 is 0. The number of carbonyl (C=O) groups is 2. The summed E-state index contributed by atoms with van der Waals surface area (Å²) < 4.78 is 15.1. The maximum Gasteiger partial charge on any atom is 0.346 e. The maximum absolute atomic E-state index is 11.3. The third kappa shape index (κ3) is 5.17. The highest BCUT2D eigenvalue weighted by Gasteiger charge is 2.20. The van der Waals surface area contributed by atoms with E-state index in [0.29, 0.717) is 19.4 Å². The Hall–Kier alpha value is -1.10. The minimum absolute atomic E-state index is 0.186. The largest absolute Gasteiger partial charge is 0.453 e. The average molecular weight is 244 g/mol. The molecular weight excluding hydrogens is 224 g/mol. The molecule has 0 N–H and O–H groups in total. The zero-order valence-corrected chi connectivity index (χ0v) is 10.4. The highest BCUT2D eigenvalue weighted by Crippen LogP contribution is 2.13. The Morgan fingerprint density at radius 3 is 2.76 bits per heavy atom. The molecule has 98 valence electrons. The van der Waals surface area contributed by atoms with Crippen LogP contribution in [0.15, 0.2) is 0 Å². The van der Waals surface area contributed by atoms with E-state index >= 15 is 0 Å². The van der Waals surface area contributed by atoms with E-state index in [1.54, 1.807) is 6.92 Å². The standard InChI is InChI=1S/C12H20O5/c1-3-9(2)12(14)16-8-10(13)17-11-6-4-5-7-15-11/h9,11H,3-8H2,1-2H3. The SMILES string of the molecule is CCC(C)C(=O)OCC(=O)OC1CCCCO1. The van der Waals surface area contributed by atoms with Crippen LogP contribution in [0.1, 0.15) is 39.5 Å². The van der Waals surface area contributed by atoms with Crippen LogP contribution in [0.2, 0.25) is 0 Å². The predicted octanol–water partition coefficient (Wildman–Crippen LogP) is 1.65. The van der Waals surface area contributed by atoms with Crippen LogP contribution in [0.25, 0.3) is 0 Å². The molecule has 1 fully saturated rings. The lowest BCUT2D eigenvalue weighted by molar-refractivity contribution is -0.192. The van der Waals surface area contributed by atoms with Crippen molar-refractivity contribution < 1.29 is 23.8 Å². The quantitative estimate of drug-likeness (QED) is 0.688. The summed E-state index contributed by atoms with van der Waals surface area (Å²) in [6.45, 7) is 3.94. The van der Waals surface area contributed by atoms with Crippen LogP contribution in [0, 0.1) is 5.92 Å². The summed E-state index contributed by atoms with van der Waals surface area (Å²) in [7, 11) is 0. The Morgan fingerprint density at radius 1 is 1.41 bits per heavy atom. The van der Waals surface area contributed by atoms with Crippen LogP contribution >= 0.6 is 0 Å². The van der Waals surface area contributed by atoms with Crippen molar-refractivity contribution in [2.75, 3.05) is 13.2 Å². The number of ether oxygens (including phenoxy) is 3. The summed E-state index contributed by atoms with van der Waals surface area (Å²) in [5.41, 5.74) is 0. The minimum atomic E-state index is -0.548. The third-order valence-corrected chi connectivity index (χ3v) is 2.75. The third-order valence-electron chi connectivity index (χ3n) is 2.75. The molecule has 0 spiro atoms. The second kappa shape index (κ2) is 7.27.